The maximum atomic E-state index is 12.9. The summed E-state index contributed by atoms with van der Waals surface area (Å²) < 4.78 is 0. The van der Waals surface area contributed by atoms with Gasteiger partial charge in [-0.2, -0.15) is 0 Å². The Morgan fingerprint density at radius 2 is 1.93 bits per heavy atom. The minimum absolute atomic E-state index is 0.167. The van der Waals surface area contributed by atoms with Gasteiger partial charge in [-0.3, -0.25) is 4.79 Å². The molecule has 1 amide bonds. The van der Waals surface area contributed by atoms with Crippen molar-refractivity contribution < 1.29 is 14.7 Å². The number of rotatable bonds is 6. The van der Waals surface area contributed by atoms with Crippen LogP contribution in [0, 0.1) is 6.92 Å². The lowest BCUT2D eigenvalue weighted by molar-refractivity contribution is -0.139. The van der Waals surface area contributed by atoms with E-state index in [0.717, 1.165) is 22.0 Å². The molecule has 6 nitrogen and oxygen atoms in total. The number of amides is 1. The first-order chi connectivity index (χ1) is 14.4. The molecule has 0 fully saturated rings. The van der Waals surface area contributed by atoms with E-state index in [0.29, 0.717) is 20.6 Å². The first-order valence-electron chi connectivity index (χ1n) is 9.25. The number of carbonyl (C=O) groups is 2. The fourth-order valence-electron chi connectivity index (χ4n) is 3.30. The van der Waals surface area contributed by atoms with Crippen LogP contribution in [0.5, 0.6) is 0 Å². The number of halogens is 1. The molecule has 4 rings (SSSR count). The zero-order valence-electron chi connectivity index (χ0n) is 16.0. The van der Waals surface area contributed by atoms with Crippen LogP contribution in [0.4, 0.5) is 0 Å². The number of hydrogen-bond acceptors (Lipinski definition) is 4. The van der Waals surface area contributed by atoms with E-state index in [1.54, 1.807) is 19.2 Å². The number of thiazole rings is 1. The van der Waals surface area contributed by atoms with Crippen LogP contribution in [-0.4, -0.2) is 33.0 Å². The second-order valence-electron chi connectivity index (χ2n) is 6.84. The van der Waals surface area contributed by atoms with Gasteiger partial charge < -0.3 is 15.4 Å². The van der Waals surface area contributed by atoms with E-state index >= 15 is 0 Å². The number of benzene rings is 2. The van der Waals surface area contributed by atoms with E-state index < -0.39 is 17.9 Å². The van der Waals surface area contributed by atoms with Crippen LogP contribution in [0.25, 0.3) is 21.5 Å². The average Bonchev–Trinajstić information content (AvgIpc) is 3.31. The molecule has 0 bridgehead atoms. The predicted molar refractivity (Wildman–Crippen MR) is 118 cm³/mol. The summed E-state index contributed by atoms with van der Waals surface area (Å²) in [6.45, 7) is 1.72. The van der Waals surface area contributed by atoms with Crippen LogP contribution in [-0.2, 0) is 11.2 Å². The molecule has 0 aliphatic carbocycles. The van der Waals surface area contributed by atoms with Crippen molar-refractivity contribution in [3.63, 3.8) is 0 Å². The summed E-state index contributed by atoms with van der Waals surface area (Å²) in [5, 5.41) is 14.4. The van der Waals surface area contributed by atoms with Gasteiger partial charge in [0, 0.05) is 29.1 Å². The molecular formula is C22H18ClN3O3S. The minimum Gasteiger partial charge on any atom is -0.480 e. The molecule has 2 aromatic carbocycles. The number of aromatic amines is 1. The van der Waals surface area contributed by atoms with E-state index in [-0.39, 0.29) is 6.42 Å². The Bertz CT molecular complexity index is 1250. The number of aliphatic carboxylic acids is 1. The molecule has 0 unspecified atom stereocenters. The molecule has 30 heavy (non-hydrogen) atoms. The molecule has 0 radical (unpaired) electrons. The van der Waals surface area contributed by atoms with Gasteiger partial charge >= 0.3 is 5.97 Å². The van der Waals surface area contributed by atoms with Crippen molar-refractivity contribution in [1.82, 2.24) is 15.3 Å². The number of para-hydroxylation sites is 1. The molecule has 2 aromatic heterocycles. The molecule has 1 atom stereocenters. The molecule has 4 aromatic rings. The van der Waals surface area contributed by atoms with Gasteiger partial charge in [0.25, 0.3) is 5.91 Å². The second kappa shape index (κ2) is 8.30. The van der Waals surface area contributed by atoms with Gasteiger partial charge in [-0.05, 0) is 24.6 Å². The first kappa shape index (κ1) is 20.1. The minimum atomic E-state index is -1.10. The smallest absolute Gasteiger partial charge is 0.326 e. The highest BCUT2D eigenvalue weighted by molar-refractivity contribution is 7.17. The Morgan fingerprint density at radius 3 is 2.70 bits per heavy atom. The standard InChI is InChI=1S/C22H18ClN3O3S/c1-12-19(30-21(25-12)15-7-2-4-8-16(15)23)20(27)26-18(22(28)29)10-13-11-24-17-9-5-3-6-14(13)17/h2-9,11,18,24H,10H2,1H3,(H,26,27)(H,28,29)/t18-/m0/s1. The van der Waals surface area contributed by atoms with Crippen molar-refractivity contribution in [2.45, 2.75) is 19.4 Å². The highest BCUT2D eigenvalue weighted by Gasteiger charge is 2.25. The third-order valence-corrected chi connectivity index (χ3v) is 6.33. The Hall–Kier alpha value is -3.16. The van der Waals surface area contributed by atoms with Crippen molar-refractivity contribution in [3.8, 4) is 10.6 Å². The number of carboxylic acids is 1. The molecular weight excluding hydrogens is 422 g/mol. The van der Waals surface area contributed by atoms with Crippen molar-refractivity contribution in [2.24, 2.45) is 0 Å². The molecule has 8 heteroatoms. The Morgan fingerprint density at radius 1 is 1.20 bits per heavy atom. The number of hydrogen-bond donors (Lipinski definition) is 3. The number of H-pyrrole nitrogens is 1. The molecule has 0 saturated carbocycles. The van der Waals surface area contributed by atoms with Gasteiger partial charge in [0.1, 0.15) is 15.9 Å². The fourth-order valence-corrected chi connectivity index (χ4v) is 4.59. The first-order valence-corrected chi connectivity index (χ1v) is 10.4. The van der Waals surface area contributed by atoms with E-state index in [9.17, 15) is 14.7 Å². The van der Waals surface area contributed by atoms with Crippen LogP contribution in [0.3, 0.4) is 0 Å². The summed E-state index contributed by atoms with van der Waals surface area (Å²) in [6.07, 6.45) is 1.94. The number of aromatic nitrogens is 2. The van der Waals surface area contributed by atoms with Crippen LogP contribution in [0.1, 0.15) is 20.9 Å². The quantitative estimate of drug-likeness (QED) is 0.406. The third kappa shape index (κ3) is 3.94. The monoisotopic (exact) mass is 439 g/mol. The van der Waals surface area contributed by atoms with Crippen molar-refractivity contribution in [3.05, 3.63) is 75.9 Å². The lowest BCUT2D eigenvalue weighted by Crippen LogP contribution is -2.42. The number of fused-ring (bicyclic) bond motifs is 1. The molecule has 3 N–H and O–H groups in total. The van der Waals surface area contributed by atoms with Gasteiger partial charge in [-0.15, -0.1) is 11.3 Å². The van der Waals surface area contributed by atoms with Gasteiger partial charge in [0.2, 0.25) is 0 Å². The van der Waals surface area contributed by atoms with Crippen molar-refractivity contribution >= 4 is 45.7 Å². The molecule has 2 heterocycles. The van der Waals surface area contributed by atoms with Gasteiger partial charge in [0.05, 0.1) is 10.7 Å². The zero-order chi connectivity index (χ0) is 21.3. The lowest BCUT2D eigenvalue weighted by atomic mass is 10.0. The topological polar surface area (TPSA) is 95.1 Å². The summed E-state index contributed by atoms with van der Waals surface area (Å²) in [7, 11) is 0. The van der Waals surface area contributed by atoms with Crippen molar-refractivity contribution in [1.29, 1.82) is 0 Å². The zero-order valence-corrected chi connectivity index (χ0v) is 17.6. The summed E-state index contributed by atoms with van der Waals surface area (Å²) in [4.78, 5) is 32.6. The Labute approximate surface area is 181 Å². The molecule has 0 aliphatic rings. The SMILES string of the molecule is Cc1nc(-c2ccccc2Cl)sc1C(=O)N[C@@H](Cc1c[nH]c2ccccc12)C(=O)O. The Balaban J connectivity index is 1.57. The van der Waals surface area contributed by atoms with Crippen LogP contribution in [0.15, 0.2) is 54.7 Å². The second-order valence-corrected chi connectivity index (χ2v) is 8.25. The number of carboxylic acid groups (broad SMARTS) is 1. The van der Waals surface area contributed by atoms with Crippen LogP contribution < -0.4 is 5.32 Å². The normalized spacial score (nSPS) is 12.1. The third-order valence-electron chi connectivity index (χ3n) is 4.81. The van der Waals surface area contributed by atoms with Crippen LogP contribution >= 0.6 is 22.9 Å². The average molecular weight is 440 g/mol. The summed E-state index contributed by atoms with van der Waals surface area (Å²) in [6, 6.07) is 13.8. The lowest BCUT2D eigenvalue weighted by Gasteiger charge is -2.13. The maximum absolute atomic E-state index is 12.9. The number of aryl methyl sites for hydroxylation is 1. The van der Waals surface area contributed by atoms with E-state index in [1.807, 2.05) is 42.5 Å². The van der Waals surface area contributed by atoms with Gasteiger partial charge in [0.15, 0.2) is 0 Å². The summed E-state index contributed by atoms with van der Waals surface area (Å²) >= 11 is 7.43. The fraction of sp³-hybridized carbons (Fsp3) is 0.136. The highest BCUT2D eigenvalue weighted by Crippen LogP contribution is 2.32. The molecule has 0 aliphatic heterocycles. The summed E-state index contributed by atoms with van der Waals surface area (Å²) in [5.41, 5.74) is 3.02. The van der Waals surface area contributed by atoms with Crippen LogP contribution in [0.2, 0.25) is 5.02 Å². The molecule has 0 spiro atoms. The predicted octanol–water partition coefficient (Wildman–Crippen LogP) is 4.68. The summed E-state index contributed by atoms with van der Waals surface area (Å²) in [5.74, 6) is -1.56. The van der Waals surface area contributed by atoms with E-state index in [1.165, 1.54) is 11.3 Å². The largest absolute Gasteiger partial charge is 0.480 e. The molecule has 0 saturated heterocycles. The van der Waals surface area contributed by atoms with E-state index in [4.69, 9.17) is 11.6 Å². The maximum Gasteiger partial charge on any atom is 0.326 e. The number of carbonyl (C=O) groups excluding carboxylic acids is 1. The van der Waals surface area contributed by atoms with E-state index in [2.05, 4.69) is 15.3 Å². The highest BCUT2D eigenvalue weighted by atomic mass is 35.5. The number of nitrogens with zero attached hydrogens (tertiary/aromatic N) is 1. The number of nitrogens with one attached hydrogen (secondary N) is 2. The Kier molecular flexibility index (Phi) is 5.57. The van der Waals surface area contributed by atoms with Crippen molar-refractivity contribution in [2.75, 3.05) is 0 Å². The molecule has 152 valence electrons. The van der Waals surface area contributed by atoms with Gasteiger partial charge in [-0.1, -0.05) is 48.0 Å². The van der Waals surface area contributed by atoms with Gasteiger partial charge in [-0.25, -0.2) is 9.78 Å².